The second-order valence-corrected chi connectivity index (χ2v) is 7.27. The Kier molecular flexibility index (Phi) is 8.06. The van der Waals surface area contributed by atoms with Gasteiger partial charge >= 0.3 is 0 Å². The average molecular weight is 268 g/mol. The molecule has 0 heterocycles. The zero-order valence-electron chi connectivity index (χ0n) is 13.9. The topological polar surface area (TPSA) is 12.0 Å². The summed E-state index contributed by atoms with van der Waals surface area (Å²) >= 11 is 0. The Bertz CT molecular complexity index is 222. The van der Waals surface area contributed by atoms with Gasteiger partial charge in [-0.3, -0.25) is 0 Å². The van der Waals surface area contributed by atoms with E-state index in [2.05, 4.69) is 33.0 Å². The van der Waals surface area contributed by atoms with Gasteiger partial charge in [0.1, 0.15) is 0 Å². The maximum absolute atomic E-state index is 3.80. The highest BCUT2D eigenvalue weighted by Crippen LogP contribution is 2.54. The summed E-state index contributed by atoms with van der Waals surface area (Å²) in [5.41, 5.74) is 0.618. The van der Waals surface area contributed by atoms with Crippen LogP contribution in [0.25, 0.3) is 0 Å². The van der Waals surface area contributed by atoms with Gasteiger partial charge in [-0.25, -0.2) is 0 Å². The van der Waals surface area contributed by atoms with Crippen molar-refractivity contribution in [1.29, 1.82) is 0 Å². The SMILES string of the molecule is CCCCCCCCCC(NCCC)C1CC1(C)C. The minimum absolute atomic E-state index is 0.618. The first-order valence-corrected chi connectivity index (χ1v) is 8.85. The highest BCUT2D eigenvalue weighted by Gasteiger charge is 2.49. The molecule has 2 unspecified atom stereocenters. The van der Waals surface area contributed by atoms with Gasteiger partial charge in [0.2, 0.25) is 0 Å². The first kappa shape index (κ1) is 17.0. The summed E-state index contributed by atoms with van der Waals surface area (Å²) in [6, 6.07) is 0.797. The standard InChI is InChI=1S/C18H37N/c1-5-7-8-9-10-11-12-13-17(19-14-6-2)16-15-18(16,3)4/h16-17,19H,5-15H2,1-4H3. The molecule has 114 valence electrons. The van der Waals surface area contributed by atoms with Gasteiger partial charge in [0.25, 0.3) is 0 Å². The summed E-state index contributed by atoms with van der Waals surface area (Å²) in [6.45, 7) is 10.6. The van der Waals surface area contributed by atoms with Gasteiger partial charge < -0.3 is 5.32 Å². The quantitative estimate of drug-likeness (QED) is 0.458. The molecule has 0 radical (unpaired) electrons. The molecule has 0 amide bonds. The van der Waals surface area contributed by atoms with Crippen LogP contribution in [0.15, 0.2) is 0 Å². The number of nitrogens with one attached hydrogen (secondary N) is 1. The zero-order valence-corrected chi connectivity index (χ0v) is 13.9. The molecule has 19 heavy (non-hydrogen) atoms. The van der Waals surface area contributed by atoms with Crippen LogP contribution in [0.5, 0.6) is 0 Å². The number of hydrogen-bond acceptors (Lipinski definition) is 1. The fourth-order valence-corrected chi connectivity index (χ4v) is 3.29. The molecule has 1 nitrogen and oxygen atoms in total. The van der Waals surface area contributed by atoms with E-state index in [1.807, 2.05) is 0 Å². The van der Waals surface area contributed by atoms with E-state index in [1.165, 1.54) is 70.8 Å². The summed E-state index contributed by atoms with van der Waals surface area (Å²) in [7, 11) is 0. The predicted molar refractivity (Wildman–Crippen MR) is 86.6 cm³/mol. The van der Waals surface area contributed by atoms with Crippen molar-refractivity contribution in [2.24, 2.45) is 11.3 Å². The molecular formula is C18H37N. The van der Waals surface area contributed by atoms with Gasteiger partial charge in [-0.1, -0.05) is 72.6 Å². The van der Waals surface area contributed by atoms with Crippen LogP contribution in [0.4, 0.5) is 0 Å². The first-order chi connectivity index (χ1) is 9.11. The summed E-state index contributed by atoms with van der Waals surface area (Å²) < 4.78 is 0. The third-order valence-corrected chi connectivity index (χ3v) is 4.85. The van der Waals surface area contributed by atoms with Crippen LogP contribution in [0.3, 0.4) is 0 Å². The molecule has 1 saturated carbocycles. The Morgan fingerprint density at radius 1 is 0.947 bits per heavy atom. The molecular weight excluding hydrogens is 230 g/mol. The van der Waals surface area contributed by atoms with Crippen LogP contribution in [0, 0.1) is 11.3 Å². The summed E-state index contributed by atoms with van der Waals surface area (Å²) in [5, 5.41) is 3.80. The number of hydrogen-bond donors (Lipinski definition) is 1. The molecule has 0 spiro atoms. The van der Waals surface area contributed by atoms with Crippen molar-refractivity contribution in [1.82, 2.24) is 5.32 Å². The minimum atomic E-state index is 0.618. The Hall–Kier alpha value is -0.0400. The lowest BCUT2D eigenvalue weighted by Crippen LogP contribution is -2.33. The Morgan fingerprint density at radius 2 is 1.53 bits per heavy atom. The van der Waals surface area contributed by atoms with Crippen LogP contribution in [-0.4, -0.2) is 12.6 Å². The van der Waals surface area contributed by atoms with Gasteiger partial charge in [0.05, 0.1) is 0 Å². The molecule has 1 rings (SSSR count). The van der Waals surface area contributed by atoms with E-state index in [-0.39, 0.29) is 0 Å². The van der Waals surface area contributed by atoms with E-state index in [0.717, 1.165) is 12.0 Å². The van der Waals surface area contributed by atoms with Crippen LogP contribution >= 0.6 is 0 Å². The fraction of sp³-hybridized carbons (Fsp3) is 1.00. The van der Waals surface area contributed by atoms with E-state index in [4.69, 9.17) is 0 Å². The summed E-state index contributed by atoms with van der Waals surface area (Å²) in [4.78, 5) is 0. The molecule has 0 aromatic rings. The Labute approximate surface area is 121 Å². The van der Waals surface area contributed by atoms with Crippen molar-refractivity contribution in [3.05, 3.63) is 0 Å². The third-order valence-electron chi connectivity index (χ3n) is 4.85. The number of unbranched alkanes of at least 4 members (excludes halogenated alkanes) is 6. The summed E-state index contributed by atoms with van der Waals surface area (Å²) in [6.07, 6.45) is 14.1. The highest BCUT2D eigenvalue weighted by molar-refractivity contribution is 5.01. The molecule has 0 aromatic carbocycles. The van der Waals surface area contributed by atoms with E-state index >= 15 is 0 Å². The highest BCUT2D eigenvalue weighted by atomic mass is 14.9. The molecule has 1 aliphatic rings. The molecule has 0 bridgehead atoms. The van der Waals surface area contributed by atoms with E-state index < -0.39 is 0 Å². The lowest BCUT2D eigenvalue weighted by atomic mass is 9.97. The largest absolute Gasteiger partial charge is 0.314 e. The second kappa shape index (κ2) is 9.00. The van der Waals surface area contributed by atoms with Gasteiger partial charge in [0.15, 0.2) is 0 Å². The van der Waals surface area contributed by atoms with Crippen molar-refractivity contribution in [3.63, 3.8) is 0 Å². The van der Waals surface area contributed by atoms with Crippen molar-refractivity contribution in [2.75, 3.05) is 6.54 Å². The predicted octanol–water partition coefficient (Wildman–Crippen LogP) is 5.54. The van der Waals surface area contributed by atoms with Crippen molar-refractivity contribution < 1.29 is 0 Å². The maximum atomic E-state index is 3.80. The lowest BCUT2D eigenvalue weighted by Gasteiger charge is -2.20. The average Bonchev–Trinajstić information content (AvgIpc) is 3.01. The van der Waals surface area contributed by atoms with Crippen molar-refractivity contribution in [2.45, 2.75) is 97.9 Å². The second-order valence-electron chi connectivity index (χ2n) is 7.27. The Balaban J connectivity index is 2.08. The van der Waals surface area contributed by atoms with Gasteiger partial charge in [-0.2, -0.15) is 0 Å². The fourth-order valence-electron chi connectivity index (χ4n) is 3.29. The first-order valence-electron chi connectivity index (χ1n) is 8.85. The monoisotopic (exact) mass is 267 g/mol. The molecule has 0 aromatic heterocycles. The third kappa shape index (κ3) is 6.79. The number of rotatable bonds is 12. The van der Waals surface area contributed by atoms with Gasteiger partial charge in [-0.15, -0.1) is 0 Å². The van der Waals surface area contributed by atoms with Crippen LogP contribution in [-0.2, 0) is 0 Å². The van der Waals surface area contributed by atoms with Gasteiger partial charge in [0, 0.05) is 6.04 Å². The van der Waals surface area contributed by atoms with Gasteiger partial charge in [-0.05, 0) is 37.1 Å². The molecule has 1 fully saturated rings. The molecule has 1 heteroatoms. The minimum Gasteiger partial charge on any atom is -0.314 e. The summed E-state index contributed by atoms with van der Waals surface area (Å²) in [5.74, 6) is 0.944. The molecule has 2 atom stereocenters. The maximum Gasteiger partial charge on any atom is 0.0101 e. The molecule has 1 aliphatic carbocycles. The molecule has 0 saturated heterocycles. The van der Waals surface area contributed by atoms with Crippen LogP contribution in [0.1, 0.15) is 91.9 Å². The van der Waals surface area contributed by atoms with E-state index in [0.29, 0.717) is 5.41 Å². The van der Waals surface area contributed by atoms with E-state index in [1.54, 1.807) is 0 Å². The van der Waals surface area contributed by atoms with Crippen molar-refractivity contribution >= 4 is 0 Å². The molecule has 1 N–H and O–H groups in total. The smallest absolute Gasteiger partial charge is 0.0101 e. The molecule has 0 aliphatic heterocycles. The van der Waals surface area contributed by atoms with E-state index in [9.17, 15) is 0 Å². The normalized spacial score (nSPS) is 22.4. The zero-order chi connectivity index (χ0) is 14.1. The Morgan fingerprint density at radius 3 is 2.05 bits per heavy atom. The lowest BCUT2D eigenvalue weighted by molar-refractivity contribution is 0.372. The van der Waals surface area contributed by atoms with Crippen LogP contribution < -0.4 is 5.32 Å². The van der Waals surface area contributed by atoms with Crippen molar-refractivity contribution in [3.8, 4) is 0 Å². The van der Waals surface area contributed by atoms with Crippen LogP contribution in [0.2, 0.25) is 0 Å².